The molecular weight excluding hydrogens is 207 g/mol. The highest BCUT2D eigenvalue weighted by molar-refractivity contribution is 5.37. The largest absolute Gasteiger partial charge is 0.205 e. The summed E-state index contributed by atoms with van der Waals surface area (Å²) in [4.78, 5) is 0. The zero-order valence-electron chi connectivity index (χ0n) is 9.31. The number of nitrogens with zero attached hydrogens (tertiary/aromatic N) is 4. The van der Waals surface area contributed by atoms with Crippen molar-refractivity contribution in [1.29, 1.82) is 0 Å². The van der Waals surface area contributed by atoms with E-state index in [2.05, 4.69) is 22.4 Å². The quantitative estimate of drug-likeness (QED) is 0.795. The Morgan fingerprint density at radius 2 is 2.19 bits per heavy atom. The summed E-state index contributed by atoms with van der Waals surface area (Å²) in [5, 5.41) is 11.0. The standard InChI is InChI=1S/C11H13FN4/c1-3-4-9-5-6-10(12)11(7-9)16-8(2)13-14-15-16/h5-7H,3-4H2,1-2H3. The SMILES string of the molecule is CCCc1ccc(F)c(-n2nnnc2C)c1. The molecule has 2 aromatic rings. The summed E-state index contributed by atoms with van der Waals surface area (Å²) in [7, 11) is 0. The minimum atomic E-state index is -0.310. The van der Waals surface area contributed by atoms with Gasteiger partial charge in [-0.15, -0.1) is 5.10 Å². The molecule has 0 radical (unpaired) electrons. The van der Waals surface area contributed by atoms with Gasteiger partial charge in [0, 0.05) is 0 Å². The van der Waals surface area contributed by atoms with E-state index in [9.17, 15) is 4.39 Å². The Morgan fingerprint density at radius 1 is 1.38 bits per heavy atom. The third-order valence-electron chi connectivity index (χ3n) is 2.40. The van der Waals surface area contributed by atoms with Gasteiger partial charge < -0.3 is 0 Å². The van der Waals surface area contributed by atoms with Crippen molar-refractivity contribution in [1.82, 2.24) is 20.2 Å². The number of rotatable bonds is 3. The number of hydrogen-bond donors (Lipinski definition) is 0. The van der Waals surface area contributed by atoms with Gasteiger partial charge in [-0.05, 0) is 41.5 Å². The lowest BCUT2D eigenvalue weighted by Gasteiger charge is -2.06. The van der Waals surface area contributed by atoms with E-state index in [0.29, 0.717) is 11.5 Å². The predicted octanol–water partition coefficient (Wildman–Crippen LogP) is 2.06. The van der Waals surface area contributed by atoms with Gasteiger partial charge in [0.15, 0.2) is 5.82 Å². The zero-order valence-corrected chi connectivity index (χ0v) is 9.31. The molecule has 0 aliphatic heterocycles. The van der Waals surface area contributed by atoms with Crippen molar-refractivity contribution in [2.75, 3.05) is 0 Å². The first-order valence-electron chi connectivity index (χ1n) is 5.26. The molecular formula is C11H13FN4. The van der Waals surface area contributed by atoms with Crippen LogP contribution in [0.4, 0.5) is 4.39 Å². The van der Waals surface area contributed by atoms with Gasteiger partial charge in [-0.2, -0.15) is 4.68 Å². The van der Waals surface area contributed by atoms with Gasteiger partial charge in [0.2, 0.25) is 0 Å². The van der Waals surface area contributed by atoms with Crippen LogP contribution in [0.2, 0.25) is 0 Å². The lowest BCUT2D eigenvalue weighted by atomic mass is 10.1. The first-order chi connectivity index (χ1) is 7.72. The predicted molar refractivity (Wildman–Crippen MR) is 57.8 cm³/mol. The fourth-order valence-electron chi connectivity index (χ4n) is 1.62. The molecule has 0 N–H and O–H groups in total. The Morgan fingerprint density at radius 3 is 2.81 bits per heavy atom. The number of hydrogen-bond acceptors (Lipinski definition) is 3. The van der Waals surface area contributed by atoms with Crippen LogP contribution in [0.3, 0.4) is 0 Å². The van der Waals surface area contributed by atoms with Crippen molar-refractivity contribution in [3.05, 3.63) is 35.4 Å². The second-order valence-electron chi connectivity index (χ2n) is 3.67. The molecule has 0 amide bonds. The van der Waals surface area contributed by atoms with Crippen LogP contribution >= 0.6 is 0 Å². The first-order valence-corrected chi connectivity index (χ1v) is 5.26. The summed E-state index contributed by atoms with van der Waals surface area (Å²) < 4.78 is 15.0. The maximum Gasteiger partial charge on any atom is 0.153 e. The van der Waals surface area contributed by atoms with Gasteiger partial charge in [0.1, 0.15) is 11.5 Å². The summed E-state index contributed by atoms with van der Waals surface area (Å²) in [6.07, 6.45) is 1.95. The van der Waals surface area contributed by atoms with Gasteiger partial charge in [0.05, 0.1) is 0 Å². The van der Waals surface area contributed by atoms with Crippen LogP contribution in [0.25, 0.3) is 5.69 Å². The lowest BCUT2D eigenvalue weighted by Crippen LogP contribution is -2.03. The highest BCUT2D eigenvalue weighted by atomic mass is 19.1. The molecule has 4 nitrogen and oxygen atoms in total. The van der Waals surface area contributed by atoms with E-state index < -0.39 is 0 Å². The second-order valence-corrected chi connectivity index (χ2v) is 3.67. The summed E-state index contributed by atoms with van der Waals surface area (Å²) >= 11 is 0. The van der Waals surface area contributed by atoms with Gasteiger partial charge in [0.25, 0.3) is 0 Å². The first kappa shape index (κ1) is 10.7. The van der Waals surface area contributed by atoms with Crippen LogP contribution in [0.5, 0.6) is 0 Å². The highest BCUT2D eigenvalue weighted by Crippen LogP contribution is 2.16. The van der Waals surface area contributed by atoms with Gasteiger partial charge in [-0.3, -0.25) is 0 Å². The topological polar surface area (TPSA) is 43.6 Å². The van der Waals surface area contributed by atoms with Gasteiger partial charge >= 0.3 is 0 Å². The van der Waals surface area contributed by atoms with E-state index in [-0.39, 0.29) is 5.82 Å². The van der Waals surface area contributed by atoms with Crippen molar-refractivity contribution in [3.63, 3.8) is 0 Å². The average Bonchev–Trinajstić information content (AvgIpc) is 2.68. The molecule has 0 unspecified atom stereocenters. The Bertz CT molecular complexity index is 492. The van der Waals surface area contributed by atoms with Crippen molar-refractivity contribution in [2.24, 2.45) is 0 Å². The molecule has 0 saturated carbocycles. The Kier molecular flexibility index (Phi) is 2.94. The molecule has 0 atom stereocenters. The number of tetrazole rings is 1. The van der Waals surface area contributed by atoms with Crippen molar-refractivity contribution < 1.29 is 4.39 Å². The minimum Gasteiger partial charge on any atom is -0.205 e. The average molecular weight is 220 g/mol. The molecule has 5 heteroatoms. The number of halogens is 1. The van der Waals surface area contributed by atoms with Crippen LogP contribution < -0.4 is 0 Å². The van der Waals surface area contributed by atoms with Gasteiger partial charge in [-0.1, -0.05) is 19.4 Å². The molecule has 0 aliphatic rings. The second kappa shape index (κ2) is 4.38. The van der Waals surface area contributed by atoms with E-state index in [0.717, 1.165) is 18.4 Å². The molecule has 16 heavy (non-hydrogen) atoms. The molecule has 1 heterocycles. The fourth-order valence-corrected chi connectivity index (χ4v) is 1.62. The van der Waals surface area contributed by atoms with Gasteiger partial charge in [-0.25, -0.2) is 4.39 Å². The third kappa shape index (κ3) is 1.93. The van der Waals surface area contributed by atoms with E-state index in [1.807, 2.05) is 0 Å². The molecule has 2 rings (SSSR count). The Balaban J connectivity index is 2.47. The third-order valence-corrected chi connectivity index (χ3v) is 2.40. The summed E-state index contributed by atoms with van der Waals surface area (Å²) in [6.45, 7) is 3.83. The van der Waals surface area contributed by atoms with E-state index in [4.69, 9.17) is 0 Å². The molecule has 0 aliphatic carbocycles. The van der Waals surface area contributed by atoms with Crippen LogP contribution in [0.15, 0.2) is 18.2 Å². The summed E-state index contributed by atoms with van der Waals surface area (Å²) in [6, 6.07) is 5.05. The molecule has 0 bridgehead atoms. The molecule has 1 aromatic carbocycles. The number of benzene rings is 1. The highest BCUT2D eigenvalue weighted by Gasteiger charge is 2.09. The van der Waals surface area contributed by atoms with Crippen LogP contribution in [0.1, 0.15) is 24.7 Å². The Hall–Kier alpha value is -1.78. The van der Waals surface area contributed by atoms with Crippen molar-refractivity contribution >= 4 is 0 Å². The summed E-state index contributed by atoms with van der Waals surface area (Å²) in [5.74, 6) is 0.266. The molecule has 0 saturated heterocycles. The minimum absolute atomic E-state index is 0.310. The molecule has 0 fully saturated rings. The monoisotopic (exact) mass is 220 g/mol. The lowest BCUT2D eigenvalue weighted by molar-refractivity contribution is 0.603. The maximum absolute atomic E-state index is 13.6. The van der Waals surface area contributed by atoms with Crippen LogP contribution in [-0.2, 0) is 6.42 Å². The van der Waals surface area contributed by atoms with E-state index in [1.165, 1.54) is 10.7 Å². The molecule has 84 valence electrons. The molecule has 1 aromatic heterocycles. The number of aryl methyl sites for hydroxylation is 2. The van der Waals surface area contributed by atoms with Crippen LogP contribution in [0, 0.1) is 12.7 Å². The van der Waals surface area contributed by atoms with Crippen molar-refractivity contribution in [2.45, 2.75) is 26.7 Å². The summed E-state index contributed by atoms with van der Waals surface area (Å²) in [5.41, 5.74) is 1.50. The zero-order chi connectivity index (χ0) is 11.5. The van der Waals surface area contributed by atoms with Crippen molar-refractivity contribution in [3.8, 4) is 5.69 Å². The molecule has 0 spiro atoms. The smallest absolute Gasteiger partial charge is 0.153 e. The number of aromatic nitrogens is 4. The fraction of sp³-hybridized carbons (Fsp3) is 0.364. The van der Waals surface area contributed by atoms with E-state index in [1.54, 1.807) is 19.1 Å². The van der Waals surface area contributed by atoms with Crippen LogP contribution in [-0.4, -0.2) is 20.2 Å². The Labute approximate surface area is 93.1 Å². The maximum atomic E-state index is 13.6. The normalized spacial score (nSPS) is 10.7. The van der Waals surface area contributed by atoms with E-state index >= 15 is 0 Å².